The second-order valence-corrected chi connectivity index (χ2v) is 8.51. The van der Waals surface area contributed by atoms with E-state index in [2.05, 4.69) is 27.7 Å². The first-order valence-electron chi connectivity index (χ1n) is 8.36. The van der Waals surface area contributed by atoms with Crippen molar-refractivity contribution in [3.8, 4) is 6.07 Å². The van der Waals surface area contributed by atoms with E-state index in [1.165, 1.54) is 27.3 Å². The van der Waals surface area contributed by atoms with Crippen molar-refractivity contribution < 1.29 is 4.79 Å². The molecular weight excluding hydrogens is 338 g/mol. The first kappa shape index (κ1) is 15.8. The van der Waals surface area contributed by atoms with Crippen molar-refractivity contribution in [2.75, 3.05) is 18.4 Å². The van der Waals surface area contributed by atoms with Gasteiger partial charge in [0.2, 0.25) is 5.91 Å². The van der Waals surface area contributed by atoms with Crippen molar-refractivity contribution in [3.05, 3.63) is 37.9 Å². The summed E-state index contributed by atoms with van der Waals surface area (Å²) >= 11 is 3.40. The van der Waals surface area contributed by atoms with E-state index in [1.807, 2.05) is 11.3 Å². The zero-order valence-electron chi connectivity index (χ0n) is 13.4. The van der Waals surface area contributed by atoms with E-state index in [0.29, 0.717) is 12.1 Å². The molecule has 1 aliphatic heterocycles. The lowest BCUT2D eigenvalue weighted by Gasteiger charge is -2.25. The molecule has 3 heterocycles. The Balaban J connectivity index is 1.44. The van der Waals surface area contributed by atoms with Crippen LogP contribution in [0.3, 0.4) is 0 Å². The van der Waals surface area contributed by atoms with E-state index in [1.54, 1.807) is 11.3 Å². The number of nitriles is 1. The molecule has 0 bridgehead atoms. The topological polar surface area (TPSA) is 56.1 Å². The van der Waals surface area contributed by atoms with Crippen LogP contribution in [-0.2, 0) is 30.6 Å². The quantitative estimate of drug-likeness (QED) is 0.914. The van der Waals surface area contributed by atoms with Crippen LogP contribution in [0.2, 0.25) is 0 Å². The number of fused-ring (bicyclic) bond motifs is 2. The van der Waals surface area contributed by atoms with Crippen molar-refractivity contribution >= 4 is 33.6 Å². The number of anilines is 1. The van der Waals surface area contributed by atoms with E-state index in [-0.39, 0.29) is 5.91 Å². The number of hydrogen-bond donors (Lipinski definition) is 1. The number of rotatable bonds is 3. The normalized spacial score (nSPS) is 17.0. The van der Waals surface area contributed by atoms with Crippen molar-refractivity contribution in [2.24, 2.45) is 0 Å². The van der Waals surface area contributed by atoms with Gasteiger partial charge in [0.05, 0.1) is 12.1 Å². The predicted octanol–water partition coefficient (Wildman–Crippen LogP) is 3.56. The summed E-state index contributed by atoms with van der Waals surface area (Å²) in [5, 5.41) is 15.4. The van der Waals surface area contributed by atoms with Gasteiger partial charge in [-0.15, -0.1) is 22.7 Å². The molecule has 0 fully saturated rings. The number of nitrogens with one attached hydrogen (secondary N) is 1. The molecule has 6 heteroatoms. The number of carbonyl (C=O) groups is 1. The van der Waals surface area contributed by atoms with Gasteiger partial charge in [0.15, 0.2) is 0 Å². The molecule has 4 nitrogen and oxygen atoms in total. The van der Waals surface area contributed by atoms with Crippen LogP contribution in [0.5, 0.6) is 0 Å². The highest BCUT2D eigenvalue weighted by Crippen LogP contribution is 2.37. The minimum atomic E-state index is -0.0104. The molecule has 0 unspecified atom stereocenters. The van der Waals surface area contributed by atoms with Crippen LogP contribution in [0.4, 0.5) is 5.00 Å². The van der Waals surface area contributed by atoms with E-state index in [4.69, 9.17) is 0 Å². The van der Waals surface area contributed by atoms with Crippen molar-refractivity contribution in [1.29, 1.82) is 5.26 Å². The fourth-order valence-electron chi connectivity index (χ4n) is 3.58. The van der Waals surface area contributed by atoms with Gasteiger partial charge in [-0.3, -0.25) is 9.69 Å². The monoisotopic (exact) mass is 357 g/mol. The summed E-state index contributed by atoms with van der Waals surface area (Å²) in [5.74, 6) is -0.0104. The van der Waals surface area contributed by atoms with Crippen LogP contribution in [-0.4, -0.2) is 23.9 Å². The van der Waals surface area contributed by atoms with Crippen molar-refractivity contribution in [1.82, 2.24) is 4.90 Å². The van der Waals surface area contributed by atoms with Crippen LogP contribution < -0.4 is 5.32 Å². The molecule has 0 aromatic carbocycles. The molecule has 1 N–H and O–H groups in total. The van der Waals surface area contributed by atoms with E-state index >= 15 is 0 Å². The second kappa shape index (κ2) is 6.67. The molecule has 0 saturated carbocycles. The third-order valence-corrected chi connectivity index (χ3v) is 7.02. The van der Waals surface area contributed by atoms with Gasteiger partial charge in [-0.2, -0.15) is 5.26 Å². The standard InChI is InChI=1S/C18H19N3OS2/c19-9-14-13-3-1-2-4-16(13)24-18(14)20-17(22)11-21-7-5-15-12(10-21)6-8-23-15/h6,8H,1-5,7,10-11H2,(H,20,22). The maximum atomic E-state index is 12.5. The van der Waals surface area contributed by atoms with Crippen LogP contribution in [0, 0.1) is 11.3 Å². The fourth-order valence-corrected chi connectivity index (χ4v) is 5.73. The molecule has 1 aliphatic carbocycles. The van der Waals surface area contributed by atoms with Crippen molar-refractivity contribution in [2.45, 2.75) is 38.6 Å². The molecule has 2 aliphatic rings. The Morgan fingerprint density at radius 1 is 1.29 bits per heavy atom. The summed E-state index contributed by atoms with van der Waals surface area (Å²) in [6.07, 6.45) is 5.36. The third-order valence-electron chi connectivity index (χ3n) is 4.79. The molecule has 1 amide bonds. The summed E-state index contributed by atoms with van der Waals surface area (Å²) in [7, 11) is 0. The first-order chi connectivity index (χ1) is 11.7. The average molecular weight is 358 g/mol. The lowest BCUT2D eigenvalue weighted by Crippen LogP contribution is -2.36. The second-order valence-electron chi connectivity index (χ2n) is 6.40. The molecule has 4 rings (SSSR count). The molecule has 0 saturated heterocycles. The Kier molecular flexibility index (Phi) is 4.40. The molecule has 124 valence electrons. The molecule has 0 spiro atoms. The Bertz CT molecular complexity index is 815. The Morgan fingerprint density at radius 2 is 2.17 bits per heavy atom. The first-order valence-corrected chi connectivity index (χ1v) is 10.1. The summed E-state index contributed by atoms with van der Waals surface area (Å²) in [6, 6.07) is 4.46. The highest BCUT2D eigenvalue weighted by molar-refractivity contribution is 7.16. The van der Waals surface area contributed by atoms with Crippen LogP contribution in [0.1, 0.15) is 39.3 Å². The molecule has 2 aromatic rings. The Hall–Kier alpha value is -1.68. The van der Waals surface area contributed by atoms with Gasteiger partial charge >= 0.3 is 0 Å². The third kappa shape index (κ3) is 3.00. The van der Waals surface area contributed by atoms with Gasteiger partial charge < -0.3 is 5.32 Å². The molecule has 0 radical (unpaired) electrons. The van der Waals surface area contributed by atoms with Gasteiger partial charge in [-0.25, -0.2) is 0 Å². The van der Waals surface area contributed by atoms with Gasteiger partial charge in [0.1, 0.15) is 11.1 Å². The van der Waals surface area contributed by atoms with E-state index in [9.17, 15) is 10.1 Å². The summed E-state index contributed by atoms with van der Waals surface area (Å²) in [5.41, 5.74) is 3.22. The number of hydrogen-bond acceptors (Lipinski definition) is 5. The summed E-state index contributed by atoms with van der Waals surface area (Å²) in [4.78, 5) is 17.4. The lowest BCUT2D eigenvalue weighted by atomic mass is 9.96. The van der Waals surface area contributed by atoms with E-state index in [0.717, 1.165) is 43.8 Å². The maximum Gasteiger partial charge on any atom is 0.239 e. The van der Waals surface area contributed by atoms with Gasteiger partial charge in [-0.05, 0) is 54.7 Å². The fraction of sp³-hybridized carbons (Fsp3) is 0.444. The molecular formula is C18H19N3OS2. The van der Waals surface area contributed by atoms with Gasteiger partial charge in [-0.1, -0.05) is 0 Å². The number of thiophene rings is 2. The SMILES string of the molecule is N#Cc1c(NC(=O)CN2CCc3sccc3C2)sc2c1CCCC2. The number of nitrogens with zero attached hydrogens (tertiary/aromatic N) is 2. The summed E-state index contributed by atoms with van der Waals surface area (Å²) < 4.78 is 0. The summed E-state index contributed by atoms with van der Waals surface area (Å²) in [6.45, 7) is 2.16. The van der Waals surface area contributed by atoms with Gasteiger partial charge in [0.25, 0.3) is 0 Å². The highest BCUT2D eigenvalue weighted by atomic mass is 32.1. The highest BCUT2D eigenvalue weighted by Gasteiger charge is 2.23. The molecule has 24 heavy (non-hydrogen) atoms. The average Bonchev–Trinajstić information content (AvgIpc) is 3.17. The van der Waals surface area contributed by atoms with Gasteiger partial charge in [0, 0.05) is 22.8 Å². The van der Waals surface area contributed by atoms with Crippen LogP contribution in [0.15, 0.2) is 11.4 Å². The minimum absolute atomic E-state index is 0.0104. The van der Waals surface area contributed by atoms with Crippen LogP contribution in [0.25, 0.3) is 0 Å². The molecule has 0 atom stereocenters. The Labute approximate surface area is 149 Å². The zero-order chi connectivity index (χ0) is 16.5. The largest absolute Gasteiger partial charge is 0.315 e. The minimum Gasteiger partial charge on any atom is -0.315 e. The zero-order valence-corrected chi connectivity index (χ0v) is 15.1. The smallest absolute Gasteiger partial charge is 0.239 e. The lowest BCUT2D eigenvalue weighted by molar-refractivity contribution is -0.117. The number of amides is 1. The Morgan fingerprint density at radius 3 is 3.04 bits per heavy atom. The molecule has 2 aromatic heterocycles. The van der Waals surface area contributed by atoms with Crippen molar-refractivity contribution in [3.63, 3.8) is 0 Å². The number of aryl methyl sites for hydroxylation is 1. The van der Waals surface area contributed by atoms with Crippen LogP contribution >= 0.6 is 22.7 Å². The maximum absolute atomic E-state index is 12.5. The van der Waals surface area contributed by atoms with E-state index < -0.39 is 0 Å². The number of carbonyl (C=O) groups excluding carboxylic acids is 1. The predicted molar refractivity (Wildman–Crippen MR) is 97.6 cm³/mol.